The van der Waals surface area contributed by atoms with Crippen LogP contribution in [0.1, 0.15) is 17.5 Å². The second-order valence-corrected chi connectivity index (χ2v) is 3.82. The van der Waals surface area contributed by atoms with Crippen molar-refractivity contribution in [3.8, 4) is 0 Å². The Bertz CT molecular complexity index is 393. The van der Waals surface area contributed by atoms with Gasteiger partial charge in [-0.2, -0.15) is 0 Å². The molecule has 0 fully saturated rings. The second-order valence-electron chi connectivity index (χ2n) is 3.82. The van der Waals surface area contributed by atoms with Gasteiger partial charge in [0.2, 0.25) is 5.91 Å². The monoisotopic (exact) mass is 234 g/mol. The summed E-state index contributed by atoms with van der Waals surface area (Å²) in [6, 6.07) is 8.01. The number of nitrogens with zero attached hydrogens (tertiary/aromatic N) is 1. The molecule has 0 aliphatic carbocycles. The SMILES string of the molecule is Cc1ccc(CNC(=O)CCN=C(N)N)cc1. The lowest BCUT2D eigenvalue weighted by molar-refractivity contribution is -0.121. The van der Waals surface area contributed by atoms with Crippen LogP contribution in [0.3, 0.4) is 0 Å². The zero-order chi connectivity index (χ0) is 12.7. The Labute approximate surface area is 101 Å². The van der Waals surface area contributed by atoms with Crippen LogP contribution in [0.25, 0.3) is 0 Å². The second kappa shape index (κ2) is 6.52. The Kier molecular flexibility index (Phi) is 5.00. The molecule has 92 valence electrons. The third-order valence-electron chi connectivity index (χ3n) is 2.24. The minimum Gasteiger partial charge on any atom is -0.370 e. The van der Waals surface area contributed by atoms with Crippen LogP contribution >= 0.6 is 0 Å². The summed E-state index contributed by atoms with van der Waals surface area (Å²) in [6.45, 7) is 2.88. The molecule has 0 radical (unpaired) electrons. The van der Waals surface area contributed by atoms with E-state index in [1.54, 1.807) is 0 Å². The number of guanidine groups is 1. The number of aryl methyl sites for hydroxylation is 1. The fourth-order valence-corrected chi connectivity index (χ4v) is 1.28. The van der Waals surface area contributed by atoms with Crippen molar-refractivity contribution in [3.05, 3.63) is 35.4 Å². The smallest absolute Gasteiger partial charge is 0.222 e. The molecule has 5 nitrogen and oxygen atoms in total. The molecule has 0 bridgehead atoms. The average molecular weight is 234 g/mol. The fraction of sp³-hybridized carbons (Fsp3) is 0.333. The number of amides is 1. The van der Waals surface area contributed by atoms with E-state index >= 15 is 0 Å². The summed E-state index contributed by atoms with van der Waals surface area (Å²) in [5.41, 5.74) is 12.6. The molecule has 1 aromatic carbocycles. The van der Waals surface area contributed by atoms with Gasteiger partial charge in [0, 0.05) is 13.0 Å². The van der Waals surface area contributed by atoms with E-state index in [1.807, 2.05) is 31.2 Å². The summed E-state index contributed by atoms with van der Waals surface area (Å²) in [6.07, 6.45) is 0.295. The molecule has 0 spiro atoms. The summed E-state index contributed by atoms with van der Waals surface area (Å²) in [5.74, 6) is -0.0492. The number of hydrogen-bond acceptors (Lipinski definition) is 2. The maximum Gasteiger partial charge on any atom is 0.222 e. The first-order chi connectivity index (χ1) is 8.08. The number of nitrogens with two attached hydrogens (primary N) is 2. The Hall–Kier alpha value is -2.04. The van der Waals surface area contributed by atoms with Crippen LogP contribution in [-0.4, -0.2) is 18.4 Å². The maximum atomic E-state index is 11.4. The van der Waals surface area contributed by atoms with Crippen molar-refractivity contribution in [3.63, 3.8) is 0 Å². The van der Waals surface area contributed by atoms with Gasteiger partial charge in [0.15, 0.2) is 5.96 Å². The summed E-state index contributed by atoms with van der Waals surface area (Å²) < 4.78 is 0. The van der Waals surface area contributed by atoms with Gasteiger partial charge >= 0.3 is 0 Å². The van der Waals surface area contributed by atoms with Crippen LogP contribution in [0.2, 0.25) is 0 Å². The van der Waals surface area contributed by atoms with Crippen molar-refractivity contribution < 1.29 is 4.79 Å². The van der Waals surface area contributed by atoms with Crippen LogP contribution in [-0.2, 0) is 11.3 Å². The number of benzene rings is 1. The van der Waals surface area contributed by atoms with Gasteiger partial charge in [0.05, 0.1) is 6.54 Å². The van der Waals surface area contributed by atoms with Gasteiger partial charge in [-0.25, -0.2) is 0 Å². The topological polar surface area (TPSA) is 93.5 Å². The van der Waals surface area contributed by atoms with Gasteiger partial charge < -0.3 is 16.8 Å². The Balaban J connectivity index is 2.28. The van der Waals surface area contributed by atoms with Crippen LogP contribution < -0.4 is 16.8 Å². The number of nitrogens with one attached hydrogen (secondary N) is 1. The van der Waals surface area contributed by atoms with Gasteiger partial charge in [-0.15, -0.1) is 0 Å². The molecule has 0 aromatic heterocycles. The predicted molar refractivity (Wildman–Crippen MR) is 68.3 cm³/mol. The lowest BCUT2D eigenvalue weighted by atomic mass is 10.1. The number of rotatable bonds is 5. The van der Waals surface area contributed by atoms with Crippen molar-refractivity contribution in [2.45, 2.75) is 19.9 Å². The number of carbonyl (C=O) groups excluding carboxylic acids is 1. The molecule has 0 saturated carbocycles. The Morgan fingerprint density at radius 2 is 1.94 bits per heavy atom. The molecule has 0 saturated heterocycles. The molecule has 0 heterocycles. The first-order valence-corrected chi connectivity index (χ1v) is 5.45. The normalized spacial score (nSPS) is 9.71. The molecule has 0 aliphatic heterocycles. The third-order valence-corrected chi connectivity index (χ3v) is 2.24. The van der Waals surface area contributed by atoms with Crippen LogP contribution in [0, 0.1) is 6.92 Å². The van der Waals surface area contributed by atoms with Gasteiger partial charge in [0.1, 0.15) is 0 Å². The molecule has 0 atom stereocenters. The third kappa shape index (κ3) is 5.55. The van der Waals surface area contributed by atoms with E-state index in [0.717, 1.165) is 5.56 Å². The molecule has 0 unspecified atom stereocenters. The Morgan fingerprint density at radius 1 is 1.29 bits per heavy atom. The van der Waals surface area contributed by atoms with Crippen molar-refractivity contribution in [2.75, 3.05) is 6.54 Å². The summed E-state index contributed by atoms with van der Waals surface area (Å²) in [7, 11) is 0. The molecule has 1 aromatic rings. The molecule has 5 heteroatoms. The van der Waals surface area contributed by atoms with Gasteiger partial charge in [-0.3, -0.25) is 9.79 Å². The minimum atomic E-state index is -0.0597. The highest BCUT2D eigenvalue weighted by Gasteiger charge is 2.00. The first-order valence-electron chi connectivity index (χ1n) is 5.45. The lowest BCUT2D eigenvalue weighted by Crippen LogP contribution is -2.26. The van der Waals surface area contributed by atoms with E-state index in [-0.39, 0.29) is 11.9 Å². The molecule has 0 aliphatic rings. The molecule has 1 amide bonds. The maximum absolute atomic E-state index is 11.4. The summed E-state index contributed by atoms with van der Waals surface area (Å²) in [4.78, 5) is 15.1. The molecular formula is C12H18N4O. The molecular weight excluding hydrogens is 216 g/mol. The van der Waals surface area contributed by atoms with Crippen LogP contribution in [0.5, 0.6) is 0 Å². The van der Waals surface area contributed by atoms with E-state index < -0.39 is 0 Å². The van der Waals surface area contributed by atoms with Gasteiger partial charge in [-0.05, 0) is 12.5 Å². The highest BCUT2D eigenvalue weighted by molar-refractivity contribution is 5.78. The van der Waals surface area contributed by atoms with Crippen molar-refractivity contribution in [1.82, 2.24) is 5.32 Å². The number of carbonyl (C=O) groups is 1. The highest BCUT2D eigenvalue weighted by atomic mass is 16.1. The van der Waals surface area contributed by atoms with Gasteiger partial charge in [-0.1, -0.05) is 29.8 Å². The van der Waals surface area contributed by atoms with Crippen molar-refractivity contribution >= 4 is 11.9 Å². The van der Waals surface area contributed by atoms with E-state index in [9.17, 15) is 4.79 Å². The quantitative estimate of drug-likeness (QED) is 0.504. The van der Waals surface area contributed by atoms with E-state index in [1.165, 1.54) is 5.56 Å². The van der Waals surface area contributed by atoms with E-state index in [2.05, 4.69) is 10.3 Å². The van der Waals surface area contributed by atoms with Crippen LogP contribution in [0.4, 0.5) is 0 Å². The highest BCUT2D eigenvalue weighted by Crippen LogP contribution is 2.02. The lowest BCUT2D eigenvalue weighted by Gasteiger charge is -2.04. The zero-order valence-corrected chi connectivity index (χ0v) is 9.94. The predicted octanol–water partition coefficient (Wildman–Crippen LogP) is 0.275. The number of aliphatic imine (C=N–C) groups is 1. The Morgan fingerprint density at radius 3 is 2.53 bits per heavy atom. The molecule has 17 heavy (non-hydrogen) atoms. The van der Waals surface area contributed by atoms with E-state index in [0.29, 0.717) is 19.5 Å². The summed E-state index contributed by atoms with van der Waals surface area (Å²) in [5, 5.41) is 2.80. The van der Waals surface area contributed by atoms with Crippen molar-refractivity contribution in [2.24, 2.45) is 16.5 Å². The van der Waals surface area contributed by atoms with E-state index in [4.69, 9.17) is 11.5 Å². The molecule has 1 rings (SSSR count). The first kappa shape index (κ1) is 13.0. The summed E-state index contributed by atoms with van der Waals surface area (Å²) >= 11 is 0. The standard InChI is InChI=1S/C12H18N4O/c1-9-2-4-10(5-3-9)8-16-11(17)6-7-15-12(13)14/h2-5H,6-8H2,1H3,(H,16,17)(H4,13,14,15). The fourth-order valence-electron chi connectivity index (χ4n) is 1.28. The van der Waals surface area contributed by atoms with Crippen LogP contribution in [0.15, 0.2) is 29.3 Å². The minimum absolute atomic E-state index is 0.0105. The van der Waals surface area contributed by atoms with Gasteiger partial charge in [0.25, 0.3) is 0 Å². The molecule has 5 N–H and O–H groups in total. The zero-order valence-electron chi connectivity index (χ0n) is 9.94. The average Bonchev–Trinajstić information content (AvgIpc) is 2.28. The van der Waals surface area contributed by atoms with Crippen molar-refractivity contribution in [1.29, 1.82) is 0 Å². The number of hydrogen-bond donors (Lipinski definition) is 3. The largest absolute Gasteiger partial charge is 0.370 e.